The Morgan fingerprint density at radius 2 is 1.88 bits per heavy atom. The molecule has 0 amide bonds. The molecule has 2 aromatic heterocycles. The van der Waals surface area contributed by atoms with E-state index in [1.807, 2.05) is 49.8 Å². The molecule has 5 rings (SSSR count). The number of nitrogens with zero attached hydrogens (tertiary/aromatic N) is 4. The number of aromatic nitrogens is 4. The standard InChI is InChI=1S/C27H26N6O/c1-16-7-9-22-23(25(16)19-8-10-24-20(13-19)14-29-27(28-3)32-24)15-30-33-26(22)31-21-6-4-5-18(12-21)11-17(2)34/h4-10,12-15,17,34H,11H2,1-3H3,(H,31,33)(H,28,29,32). The average Bonchev–Trinajstić information content (AvgIpc) is 2.83. The van der Waals surface area contributed by atoms with Crippen LogP contribution in [0.15, 0.2) is 67.0 Å². The van der Waals surface area contributed by atoms with Crippen LogP contribution < -0.4 is 10.6 Å². The van der Waals surface area contributed by atoms with E-state index in [0.29, 0.717) is 18.2 Å². The van der Waals surface area contributed by atoms with Gasteiger partial charge in [-0.1, -0.05) is 30.3 Å². The van der Waals surface area contributed by atoms with Gasteiger partial charge in [0.15, 0.2) is 5.82 Å². The predicted molar refractivity (Wildman–Crippen MR) is 137 cm³/mol. The maximum absolute atomic E-state index is 9.73. The third kappa shape index (κ3) is 4.25. The minimum atomic E-state index is -0.393. The van der Waals surface area contributed by atoms with Gasteiger partial charge in [0.2, 0.25) is 5.95 Å². The van der Waals surface area contributed by atoms with Crippen LogP contribution in [0.5, 0.6) is 0 Å². The molecule has 170 valence electrons. The highest BCUT2D eigenvalue weighted by Crippen LogP contribution is 2.35. The maximum atomic E-state index is 9.73. The lowest BCUT2D eigenvalue weighted by molar-refractivity contribution is 0.195. The second-order valence-electron chi connectivity index (χ2n) is 8.51. The Kier molecular flexibility index (Phi) is 5.77. The van der Waals surface area contributed by atoms with Crippen LogP contribution in [-0.4, -0.2) is 38.4 Å². The molecule has 0 fully saturated rings. The first-order valence-corrected chi connectivity index (χ1v) is 11.3. The molecule has 0 saturated heterocycles. The van der Waals surface area contributed by atoms with Gasteiger partial charge in [-0.25, -0.2) is 9.97 Å². The number of benzene rings is 3. The van der Waals surface area contributed by atoms with E-state index in [1.165, 1.54) is 0 Å². The van der Waals surface area contributed by atoms with Crippen molar-refractivity contribution >= 4 is 39.1 Å². The zero-order valence-corrected chi connectivity index (χ0v) is 19.4. The number of aryl methyl sites for hydroxylation is 1. The van der Waals surface area contributed by atoms with Gasteiger partial charge in [0.25, 0.3) is 0 Å². The average molecular weight is 451 g/mol. The van der Waals surface area contributed by atoms with Crippen molar-refractivity contribution in [2.24, 2.45) is 0 Å². The Balaban J connectivity index is 1.58. The monoisotopic (exact) mass is 450 g/mol. The zero-order valence-electron chi connectivity index (χ0n) is 19.4. The molecule has 5 aromatic rings. The molecule has 7 nitrogen and oxygen atoms in total. The van der Waals surface area contributed by atoms with Crippen LogP contribution in [0, 0.1) is 6.92 Å². The molecule has 34 heavy (non-hydrogen) atoms. The second-order valence-corrected chi connectivity index (χ2v) is 8.51. The van der Waals surface area contributed by atoms with E-state index in [9.17, 15) is 5.11 Å². The molecule has 2 heterocycles. The third-order valence-corrected chi connectivity index (χ3v) is 5.87. The lowest BCUT2D eigenvalue weighted by Gasteiger charge is -2.14. The largest absolute Gasteiger partial charge is 0.393 e. The minimum Gasteiger partial charge on any atom is -0.393 e. The smallest absolute Gasteiger partial charge is 0.222 e. The van der Waals surface area contributed by atoms with Gasteiger partial charge in [0.05, 0.1) is 17.8 Å². The summed E-state index contributed by atoms with van der Waals surface area (Å²) in [5.74, 6) is 1.29. The van der Waals surface area contributed by atoms with Gasteiger partial charge < -0.3 is 15.7 Å². The number of aliphatic hydroxyl groups excluding tert-OH is 1. The molecule has 3 N–H and O–H groups in total. The number of hydrogen-bond donors (Lipinski definition) is 3. The van der Waals surface area contributed by atoms with Crippen molar-refractivity contribution in [2.75, 3.05) is 17.7 Å². The summed E-state index contributed by atoms with van der Waals surface area (Å²) in [6, 6.07) is 18.4. The summed E-state index contributed by atoms with van der Waals surface area (Å²) in [4.78, 5) is 8.89. The zero-order chi connectivity index (χ0) is 23.7. The van der Waals surface area contributed by atoms with Crippen LogP contribution >= 0.6 is 0 Å². The SMILES string of the molecule is CNc1ncc2cc(-c3c(C)ccc4c(Nc5cccc(CC(C)O)c5)nncc34)ccc2n1. The van der Waals surface area contributed by atoms with E-state index in [2.05, 4.69) is 62.0 Å². The molecule has 7 heteroatoms. The summed E-state index contributed by atoms with van der Waals surface area (Å²) in [6.07, 6.45) is 3.86. The van der Waals surface area contributed by atoms with Crippen LogP contribution in [0.1, 0.15) is 18.1 Å². The Labute approximate surface area is 197 Å². The Hall–Kier alpha value is -4.10. The molecule has 0 bridgehead atoms. The van der Waals surface area contributed by atoms with Crippen LogP contribution in [0.4, 0.5) is 17.5 Å². The highest BCUT2D eigenvalue weighted by Gasteiger charge is 2.13. The topological polar surface area (TPSA) is 95.9 Å². The third-order valence-electron chi connectivity index (χ3n) is 5.87. The molecule has 0 aliphatic heterocycles. The molecule has 0 aliphatic carbocycles. The fraction of sp³-hybridized carbons (Fsp3) is 0.185. The van der Waals surface area contributed by atoms with Crippen molar-refractivity contribution in [2.45, 2.75) is 26.4 Å². The van der Waals surface area contributed by atoms with E-state index in [0.717, 1.165) is 49.6 Å². The first-order chi connectivity index (χ1) is 16.5. The van der Waals surface area contributed by atoms with E-state index < -0.39 is 6.10 Å². The summed E-state index contributed by atoms with van der Waals surface area (Å²) in [5.41, 5.74) is 6.19. The first-order valence-electron chi connectivity index (χ1n) is 11.3. The van der Waals surface area contributed by atoms with Crippen molar-refractivity contribution < 1.29 is 5.11 Å². The molecule has 1 unspecified atom stereocenters. The van der Waals surface area contributed by atoms with Crippen molar-refractivity contribution in [3.05, 3.63) is 78.1 Å². The van der Waals surface area contributed by atoms with Crippen molar-refractivity contribution in [1.29, 1.82) is 0 Å². The number of rotatable bonds is 6. The number of anilines is 3. The summed E-state index contributed by atoms with van der Waals surface area (Å²) in [7, 11) is 1.81. The molecule has 1 atom stereocenters. The summed E-state index contributed by atoms with van der Waals surface area (Å²) in [6.45, 7) is 3.89. The Morgan fingerprint density at radius 1 is 1.00 bits per heavy atom. The minimum absolute atomic E-state index is 0.393. The van der Waals surface area contributed by atoms with Gasteiger partial charge in [-0.2, -0.15) is 5.10 Å². The fourth-order valence-electron chi connectivity index (χ4n) is 4.31. The van der Waals surface area contributed by atoms with Crippen LogP contribution in [0.3, 0.4) is 0 Å². The molecular weight excluding hydrogens is 424 g/mol. The van der Waals surface area contributed by atoms with E-state index in [-0.39, 0.29) is 0 Å². The highest BCUT2D eigenvalue weighted by molar-refractivity contribution is 6.04. The van der Waals surface area contributed by atoms with Gasteiger partial charge in [0, 0.05) is 35.1 Å². The van der Waals surface area contributed by atoms with Gasteiger partial charge >= 0.3 is 0 Å². The van der Waals surface area contributed by atoms with Gasteiger partial charge in [-0.3, -0.25) is 0 Å². The van der Waals surface area contributed by atoms with Gasteiger partial charge in [-0.05, 0) is 66.8 Å². The lowest BCUT2D eigenvalue weighted by atomic mass is 9.94. The summed E-state index contributed by atoms with van der Waals surface area (Å²) < 4.78 is 0. The van der Waals surface area contributed by atoms with E-state index >= 15 is 0 Å². The Morgan fingerprint density at radius 3 is 2.71 bits per heavy atom. The molecule has 0 saturated carbocycles. The Bertz CT molecular complexity index is 1500. The molecule has 0 spiro atoms. The molecule has 0 aliphatic rings. The van der Waals surface area contributed by atoms with Crippen LogP contribution in [0.2, 0.25) is 0 Å². The molecular formula is C27H26N6O. The van der Waals surface area contributed by atoms with Crippen LogP contribution in [0.25, 0.3) is 32.8 Å². The molecule has 0 radical (unpaired) electrons. The number of fused-ring (bicyclic) bond motifs is 2. The van der Waals surface area contributed by atoms with Crippen LogP contribution in [-0.2, 0) is 6.42 Å². The summed E-state index contributed by atoms with van der Waals surface area (Å²) >= 11 is 0. The predicted octanol–water partition coefficient (Wildman–Crippen LogP) is 5.26. The first kappa shape index (κ1) is 21.7. The maximum Gasteiger partial charge on any atom is 0.222 e. The highest BCUT2D eigenvalue weighted by atomic mass is 16.3. The fourth-order valence-corrected chi connectivity index (χ4v) is 4.31. The quantitative estimate of drug-likeness (QED) is 0.325. The van der Waals surface area contributed by atoms with Gasteiger partial charge in [0.1, 0.15) is 0 Å². The normalized spacial score (nSPS) is 12.1. The summed E-state index contributed by atoms with van der Waals surface area (Å²) in [5, 5.41) is 27.8. The van der Waals surface area contributed by atoms with E-state index in [1.54, 1.807) is 6.92 Å². The second kappa shape index (κ2) is 9.03. The van der Waals surface area contributed by atoms with Crippen molar-refractivity contribution in [1.82, 2.24) is 20.2 Å². The van der Waals surface area contributed by atoms with Gasteiger partial charge in [-0.15, -0.1) is 5.10 Å². The number of hydrogen-bond acceptors (Lipinski definition) is 7. The van der Waals surface area contributed by atoms with Crippen molar-refractivity contribution in [3.8, 4) is 11.1 Å². The molecule has 3 aromatic carbocycles. The van der Waals surface area contributed by atoms with Crippen molar-refractivity contribution in [3.63, 3.8) is 0 Å². The lowest BCUT2D eigenvalue weighted by Crippen LogP contribution is -2.04. The van der Waals surface area contributed by atoms with E-state index in [4.69, 9.17) is 0 Å². The number of aliphatic hydroxyl groups is 1. The number of nitrogens with one attached hydrogen (secondary N) is 2.